The first-order valence-corrected chi connectivity index (χ1v) is 10.9. The van der Waals surface area contributed by atoms with E-state index in [4.69, 9.17) is 4.42 Å². The van der Waals surface area contributed by atoms with E-state index in [1.54, 1.807) is 42.5 Å². The van der Waals surface area contributed by atoms with Gasteiger partial charge in [-0.2, -0.15) is 0 Å². The van der Waals surface area contributed by atoms with Crippen molar-refractivity contribution in [3.05, 3.63) is 105 Å². The van der Waals surface area contributed by atoms with Crippen LogP contribution in [0.2, 0.25) is 0 Å². The molecule has 0 bridgehead atoms. The number of aryl methyl sites for hydroxylation is 1. The number of anilines is 1. The number of benzene rings is 3. The van der Waals surface area contributed by atoms with E-state index in [0.29, 0.717) is 16.1 Å². The van der Waals surface area contributed by atoms with Gasteiger partial charge in [0.25, 0.3) is 5.91 Å². The summed E-state index contributed by atoms with van der Waals surface area (Å²) in [5.74, 6) is -1.09. The highest BCUT2D eigenvalue weighted by molar-refractivity contribution is 7.22. The quantitative estimate of drug-likeness (QED) is 0.357. The molecule has 0 unspecified atom stereocenters. The number of hydrogen-bond acceptors (Lipinski definition) is 5. The number of carbonyl (C=O) groups excluding carboxylic acids is 1. The van der Waals surface area contributed by atoms with Crippen LogP contribution in [0.15, 0.2) is 75.9 Å². The lowest BCUT2D eigenvalue weighted by Crippen LogP contribution is -2.30. The van der Waals surface area contributed by atoms with E-state index in [1.807, 2.05) is 25.1 Å². The Morgan fingerprint density at radius 3 is 2.66 bits per heavy atom. The maximum Gasteiger partial charge on any atom is 0.297 e. The third kappa shape index (κ3) is 2.64. The van der Waals surface area contributed by atoms with Crippen LogP contribution in [0.25, 0.3) is 21.2 Å². The molecule has 0 fully saturated rings. The van der Waals surface area contributed by atoms with Crippen LogP contribution < -0.4 is 10.3 Å². The molecule has 6 rings (SSSR count). The summed E-state index contributed by atoms with van der Waals surface area (Å²) in [6.45, 7) is 1.98. The monoisotopic (exact) mass is 442 g/mol. The molecule has 0 saturated heterocycles. The lowest BCUT2D eigenvalue weighted by molar-refractivity contribution is 0.0971. The van der Waals surface area contributed by atoms with Crippen LogP contribution in [0.5, 0.6) is 0 Å². The van der Waals surface area contributed by atoms with E-state index in [0.717, 1.165) is 15.8 Å². The van der Waals surface area contributed by atoms with Gasteiger partial charge in [-0.05, 0) is 42.8 Å². The third-order valence-electron chi connectivity index (χ3n) is 5.72. The molecule has 1 aliphatic rings. The molecule has 3 heterocycles. The second-order valence-corrected chi connectivity index (χ2v) is 8.75. The minimum atomic E-state index is -0.971. The fourth-order valence-electron chi connectivity index (χ4n) is 4.23. The van der Waals surface area contributed by atoms with Gasteiger partial charge < -0.3 is 4.42 Å². The Morgan fingerprint density at radius 2 is 1.81 bits per heavy atom. The third-order valence-corrected chi connectivity index (χ3v) is 6.73. The molecule has 1 amide bonds. The van der Waals surface area contributed by atoms with Crippen molar-refractivity contribution < 1.29 is 13.6 Å². The molecular weight excluding hydrogens is 427 g/mol. The molecule has 0 N–H and O–H groups in total. The molecule has 1 atom stereocenters. The number of nitrogens with zero attached hydrogens (tertiary/aromatic N) is 2. The number of fused-ring (bicyclic) bond motifs is 3. The van der Waals surface area contributed by atoms with Crippen molar-refractivity contribution in [1.82, 2.24) is 4.98 Å². The van der Waals surface area contributed by atoms with Gasteiger partial charge in [-0.1, -0.05) is 47.7 Å². The molecule has 0 aliphatic carbocycles. The maximum absolute atomic E-state index is 15.0. The summed E-state index contributed by atoms with van der Waals surface area (Å²) >= 11 is 1.33. The van der Waals surface area contributed by atoms with Crippen LogP contribution in [0.4, 0.5) is 9.52 Å². The van der Waals surface area contributed by atoms with E-state index in [-0.39, 0.29) is 22.3 Å². The molecule has 32 heavy (non-hydrogen) atoms. The Bertz CT molecular complexity index is 1620. The molecule has 5 aromatic rings. The first kappa shape index (κ1) is 18.9. The van der Waals surface area contributed by atoms with Gasteiger partial charge in [-0.3, -0.25) is 14.5 Å². The number of aromatic nitrogens is 1. The Hall–Kier alpha value is -3.84. The van der Waals surface area contributed by atoms with Gasteiger partial charge in [0.05, 0.1) is 21.2 Å². The van der Waals surface area contributed by atoms with Gasteiger partial charge in [0.15, 0.2) is 10.6 Å². The van der Waals surface area contributed by atoms with E-state index in [1.165, 1.54) is 22.3 Å². The lowest BCUT2D eigenvalue weighted by atomic mass is 9.98. The second-order valence-electron chi connectivity index (χ2n) is 7.74. The van der Waals surface area contributed by atoms with Crippen molar-refractivity contribution >= 4 is 43.6 Å². The number of hydrogen-bond donors (Lipinski definition) is 0. The number of para-hydroxylation sites is 1. The zero-order chi connectivity index (χ0) is 22.0. The fraction of sp³-hybridized carbons (Fsp3) is 0.0800. The van der Waals surface area contributed by atoms with Crippen LogP contribution in [0, 0.1) is 12.7 Å². The zero-order valence-corrected chi connectivity index (χ0v) is 17.7. The van der Waals surface area contributed by atoms with E-state index in [9.17, 15) is 14.0 Å². The average molecular weight is 442 g/mol. The predicted molar refractivity (Wildman–Crippen MR) is 122 cm³/mol. The first-order valence-electron chi connectivity index (χ1n) is 10.0. The summed E-state index contributed by atoms with van der Waals surface area (Å²) in [5, 5.41) is 0.737. The van der Waals surface area contributed by atoms with Gasteiger partial charge in [0.2, 0.25) is 5.76 Å². The number of amides is 1. The number of thiazole rings is 1. The van der Waals surface area contributed by atoms with Crippen LogP contribution in [-0.4, -0.2) is 10.9 Å². The van der Waals surface area contributed by atoms with Gasteiger partial charge in [0.1, 0.15) is 17.4 Å². The number of halogens is 1. The fourth-order valence-corrected chi connectivity index (χ4v) is 5.32. The summed E-state index contributed by atoms with van der Waals surface area (Å²) in [7, 11) is 0. The molecule has 0 spiro atoms. The molecule has 0 radical (unpaired) electrons. The van der Waals surface area contributed by atoms with Crippen molar-refractivity contribution in [2.24, 2.45) is 0 Å². The smallest absolute Gasteiger partial charge is 0.297 e. The van der Waals surface area contributed by atoms with Crippen LogP contribution in [-0.2, 0) is 0 Å². The van der Waals surface area contributed by atoms with Crippen molar-refractivity contribution in [1.29, 1.82) is 0 Å². The van der Waals surface area contributed by atoms with E-state index >= 15 is 0 Å². The van der Waals surface area contributed by atoms with Crippen molar-refractivity contribution in [3.8, 4) is 0 Å². The number of carbonyl (C=O) groups is 1. The van der Waals surface area contributed by atoms with Crippen molar-refractivity contribution in [3.63, 3.8) is 0 Å². The largest absolute Gasteiger partial charge is 0.450 e. The van der Waals surface area contributed by atoms with Crippen LogP contribution >= 0.6 is 11.3 Å². The Balaban J connectivity index is 1.66. The summed E-state index contributed by atoms with van der Waals surface area (Å²) in [6, 6.07) is 17.8. The van der Waals surface area contributed by atoms with Gasteiger partial charge >= 0.3 is 0 Å². The molecule has 3 aromatic carbocycles. The topological polar surface area (TPSA) is 63.4 Å². The second kappa shape index (κ2) is 6.83. The van der Waals surface area contributed by atoms with Crippen molar-refractivity contribution in [2.45, 2.75) is 13.0 Å². The maximum atomic E-state index is 15.0. The minimum Gasteiger partial charge on any atom is -0.450 e. The Morgan fingerprint density at radius 1 is 1.03 bits per heavy atom. The molecular formula is C25H15FN2O3S. The van der Waals surface area contributed by atoms with E-state index < -0.39 is 17.8 Å². The SMILES string of the molecule is Cc1ccc2nc(N3C(=O)c4oc5ccccc5c(=O)c4[C@H]3c3ccccc3F)sc2c1. The molecule has 156 valence electrons. The number of rotatable bonds is 2. The van der Waals surface area contributed by atoms with Crippen LogP contribution in [0.3, 0.4) is 0 Å². The van der Waals surface area contributed by atoms with Gasteiger partial charge in [0, 0.05) is 5.56 Å². The van der Waals surface area contributed by atoms with Gasteiger partial charge in [-0.25, -0.2) is 9.37 Å². The first-order chi connectivity index (χ1) is 15.5. The van der Waals surface area contributed by atoms with E-state index in [2.05, 4.69) is 4.98 Å². The highest BCUT2D eigenvalue weighted by Crippen LogP contribution is 2.44. The molecule has 1 aliphatic heterocycles. The Kier molecular flexibility index (Phi) is 4.03. The zero-order valence-electron chi connectivity index (χ0n) is 16.8. The molecule has 0 saturated carbocycles. The van der Waals surface area contributed by atoms with Gasteiger partial charge in [-0.15, -0.1) is 0 Å². The highest BCUT2D eigenvalue weighted by atomic mass is 32.1. The average Bonchev–Trinajstić information content (AvgIpc) is 3.32. The standard InChI is InChI=1S/C25H15FN2O3S/c1-13-10-11-17-19(12-13)32-25(27-17)28-21(14-6-2-4-8-16(14)26)20-22(29)15-7-3-5-9-18(15)31-23(20)24(28)30/h2-12,21H,1H3/t21-/m1/s1. The predicted octanol–water partition coefficient (Wildman–Crippen LogP) is 5.60. The highest BCUT2D eigenvalue weighted by Gasteiger charge is 2.45. The Labute approximate surface area is 185 Å². The summed E-state index contributed by atoms with van der Waals surface area (Å²) in [4.78, 5) is 33.1. The molecule has 7 heteroatoms. The summed E-state index contributed by atoms with van der Waals surface area (Å²) in [5.41, 5.74) is 2.13. The van der Waals surface area contributed by atoms with Crippen molar-refractivity contribution in [2.75, 3.05) is 4.90 Å². The summed E-state index contributed by atoms with van der Waals surface area (Å²) < 4.78 is 21.8. The lowest BCUT2D eigenvalue weighted by Gasteiger charge is -2.22. The normalized spacial score (nSPS) is 15.6. The molecule has 2 aromatic heterocycles. The minimum absolute atomic E-state index is 0.0719. The van der Waals surface area contributed by atoms with Crippen LogP contribution in [0.1, 0.15) is 33.3 Å². The summed E-state index contributed by atoms with van der Waals surface area (Å²) in [6.07, 6.45) is 0. The molecule has 5 nitrogen and oxygen atoms in total.